The van der Waals surface area contributed by atoms with Crippen molar-refractivity contribution in [3.05, 3.63) is 93.2 Å². The number of carboxylic acid groups (broad SMARTS) is 1. The number of amides is 1. The maximum absolute atomic E-state index is 13.5. The molecule has 39 heavy (non-hydrogen) atoms. The van der Waals surface area contributed by atoms with Gasteiger partial charge in [-0.15, -0.1) is 0 Å². The van der Waals surface area contributed by atoms with Crippen molar-refractivity contribution in [2.24, 2.45) is 0 Å². The summed E-state index contributed by atoms with van der Waals surface area (Å²) in [6, 6.07) is 17.4. The molecular formula is C30H22Cl2N2O5. The van der Waals surface area contributed by atoms with Crippen molar-refractivity contribution in [3.63, 3.8) is 0 Å². The summed E-state index contributed by atoms with van der Waals surface area (Å²) in [4.78, 5) is 26.5. The fourth-order valence-corrected chi connectivity index (χ4v) is 6.02. The molecule has 1 aromatic heterocycles. The zero-order chi connectivity index (χ0) is 26.9. The number of carbonyl (C=O) groups is 2. The second-order valence-electron chi connectivity index (χ2n) is 10.3. The molecule has 7 nitrogen and oxygen atoms in total. The van der Waals surface area contributed by atoms with Gasteiger partial charge >= 0.3 is 5.97 Å². The van der Waals surface area contributed by atoms with E-state index in [9.17, 15) is 14.7 Å². The summed E-state index contributed by atoms with van der Waals surface area (Å²) in [7, 11) is 0. The summed E-state index contributed by atoms with van der Waals surface area (Å²) in [6.07, 6.45) is 3.59. The van der Waals surface area contributed by atoms with E-state index in [-0.39, 0.29) is 18.1 Å². The van der Waals surface area contributed by atoms with Crippen LogP contribution in [0.4, 0.5) is 11.4 Å². The number of halogens is 2. The Morgan fingerprint density at radius 3 is 2.44 bits per heavy atom. The summed E-state index contributed by atoms with van der Waals surface area (Å²) in [5, 5.41) is 14.5. The molecule has 1 aliphatic heterocycles. The average Bonchev–Trinajstić information content (AvgIpc) is 3.85. The van der Waals surface area contributed by atoms with E-state index in [1.54, 1.807) is 35.2 Å². The molecule has 0 unspecified atom stereocenters. The van der Waals surface area contributed by atoms with Gasteiger partial charge in [-0.1, -0.05) is 34.4 Å². The molecule has 3 aliphatic rings. The Kier molecular flexibility index (Phi) is 5.51. The fraction of sp³-hybridized carbons (Fsp3) is 0.233. The Morgan fingerprint density at radius 2 is 1.79 bits per heavy atom. The lowest BCUT2D eigenvalue weighted by atomic mass is 9.98. The quantitative estimate of drug-likeness (QED) is 0.251. The standard InChI is InChI=1S/C30H22Cl2N2O5/c31-22-2-1-3-23(32)25(22)26-20(27(39-33-26)16-4-5-16)15-38-19-10-11-24-21(14-19)30(12-13-30)29(37)34(24)18-8-6-17(7-9-18)28(35)36/h1-3,6-11,14,16H,4-5,12-13,15H2,(H,35,36). The van der Waals surface area contributed by atoms with Gasteiger partial charge in [-0.25, -0.2) is 4.79 Å². The van der Waals surface area contributed by atoms with Crippen LogP contribution in [0.15, 0.2) is 65.2 Å². The summed E-state index contributed by atoms with van der Waals surface area (Å²) >= 11 is 13.0. The third-order valence-corrected chi connectivity index (χ3v) is 8.44. The third-order valence-electron chi connectivity index (χ3n) is 7.81. The van der Waals surface area contributed by atoms with Crippen LogP contribution < -0.4 is 9.64 Å². The van der Waals surface area contributed by atoms with E-state index in [1.807, 2.05) is 18.2 Å². The molecule has 1 spiro atoms. The first-order valence-corrected chi connectivity index (χ1v) is 13.5. The number of carbonyl (C=O) groups excluding carboxylic acids is 1. The minimum absolute atomic E-state index is 0.00317. The van der Waals surface area contributed by atoms with E-state index < -0.39 is 11.4 Å². The molecule has 2 saturated carbocycles. The highest BCUT2D eigenvalue weighted by Gasteiger charge is 2.59. The Hall–Kier alpha value is -3.81. The van der Waals surface area contributed by atoms with Crippen molar-refractivity contribution in [3.8, 4) is 17.0 Å². The number of hydrogen-bond acceptors (Lipinski definition) is 5. The van der Waals surface area contributed by atoms with Gasteiger partial charge < -0.3 is 14.4 Å². The van der Waals surface area contributed by atoms with Gasteiger partial charge in [-0.2, -0.15) is 0 Å². The first kappa shape index (κ1) is 24.2. The monoisotopic (exact) mass is 560 g/mol. The van der Waals surface area contributed by atoms with E-state index in [4.69, 9.17) is 32.5 Å². The first-order valence-electron chi connectivity index (χ1n) is 12.8. The van der Waals surface area contributed by atoms with E-state index in [2.05, 4.69) is 5.16 Å². The molecule has 0 atom stereocenters. The Labute approximate surface area is 233 Å². The van der Waals surface area contributed by atoms with Gasteiger partial charge in [0.25, 0.3) is 0 Å². The molecule has 3 aromatic carbocycles. The predicted octanol–water partition coefficient (Wildman–Crippen LogP) is 7.51. The highest BCUT2D eigenvalue weighted by atomic mass is 35.5. The number of aromatic nitrogens is 1. The minimum atomic E-state index is -1.01. The van der Waals surface area contributed by atoms with Gasteiger partial charge in [-0.05, 0) is 85.8 Å². The van der Waals surface area contributed by atoms with Crippen LogP contribution >= 0.6 is 23.2 Å². The molecule has 1 amide bonds. The summed E-state index contributed by atoms with van der Waals surface area (Å²) in [5.41, 5.74) is 4.00. The third kappa shape index (κ3) is 3.91. The van der Waals surface area contributed by atoms with Gasteiger partial charge in [0.2, 0.25) is 5.91 Å². The number of fused-ring (bicyclic) bond motifs is 2. The molecule has 2 fully saturated rings. The van der Waals surface area contributed by atoms with Crippen LogP contribution in [-0.4, -0.2) is 22.1 Å². The molecule has 9 heteroatoms. The Balaban J connectivity index is 1.21. The van der Waals surface area contributed by atoms with Crippen molar-refractivity contribution in [2.45, 2.75) is 43.6 Å². The molecule has 0 bridgehead atoms. The number of benzene rings is 3. The van der Waals surface area contributed by atoms with Gasteiger partial charge in [0.15, 0.2) is 0 Å². The second-order valence-corrected chi connectivity index (χ2v) is 11.1. The van der Waals surface area contributed by atoms with Crippen LogP contribution in [0.25, 0.3) is 11.3 Å². The van der Waals surface area contributed by atoms with E-state index >= 15 is 0 Å². The normalized spacial score (nSPS) is 17.0. The van der Waals surface area contributed by atoms with Crippen molar-refractivity contribution in [1.82, 2.24) is 5.16 Å². The van der Waals surface area contributed by atoms with Crippen LogP contribution in [0.5, 0.6) is 5.75 Å². The molecule has 2 aliphatic carbocycles. The molecule has 0 radical (unpaired) electrons. The topological polar surface area (TPSA) is 92.9 Å². The molecule has 4 aromatic rings. The molecular weight excluding hydrogens is 539 g/mol. The highest BCUT2D eigenvalue weighted by Crippen LogP contribution is 2.59. The lowest BCUT2D eigenvalue weighted by molar-refractivity contribution is -0.119. The van der Waals surface area contributed by atoms with Gasteiger partial charge in [0.1, 0.15) is 23.8 Å². The van der Waals surface area contributed by atoms with Gasteiger partial charge in [-0.3, -0.25) is 9.69 Å². The maximum atomic E-state index is 13.5. The Bertz CT molecular complexity index is 1630. The molecule has 2 heterocycles. The minimum Gasteiger partial charge on any atom is -0.489 e. The fourth-order valence-electron chi connectivity index (χ4n) is 5.44. The SMILES string of the molecule is O=C(O)c1ccc(N2C(=O)C3(CC3)c3cc(OCc4c(-c5c(Cl)cccc5Cl)noc4C4CC4)ccc32)cc1. The maximum Gasteiger partial charge on any atom is 0.335 e. The lowest BCUT2D eigenvalue weighted by Crippen LogP contribution is -2.27. The summed E-state index contributed by atoms with van der Waals surface area (Å²) < 4.78 is 12.0. The Morgan fingerprint density at radius 1 is 1.08 bits per heavy atom. The van der Waals surface area contributed by atoms with E-state index in [0.717, 1.165) is 48.3 Å². The molecule has 7 rings (SSSR count). The average molecular weight is 561 g/mol. The smallest absolute Gasteiger partial charge is 0.335 e. The predicted molar refractivity (Wildman–Crippen MR) is 146 cm³/mol. The number of aromatic carboxylic acids is 1. The van der Waals surface area contributed by atoms with Crippen molar-refractivity contribution >= 4 is 46.5 Å². The van der Waals surface area contributed by atoms with E-state index in [0.29, 0.717) is 38.7 Å². The van der Waals surface area contributed by atoms with Gasteiger partial charge in [0, 0.05) is 17.2 Å². The number of rotatable bonds is 7. The second kappa shape index (κ2) is 8.86. The van der Waals surface area contributed by atoms with Crippen molar-refractivity contribution < 1.29 is 24.0 Å². The molecule has 196 valence electrons. The van der Waals surface area contributed by atoms with Crippen molar-refractivity contribution in [1.29, 1.82) is 0 Å². The summed E-state index contributed by atoms with van der Waals surface area (Å²) in [5.74, 6) is 0.734. The highest BCUT2D eigenvalue weighted by molar-refractivity contribution is 6.39. The zero-order valence-corrected chi connectivity index (χ0v) is 22.1. The number of anilines is 2. The van der Waals surface area contributed by atoms with E-state index in [1.165, 1.54) is 12.1 Å². The van der Waals surface area contributed by atoms with Crippen LogP contribution in [0.1, 0.15) is 58.8 Å². The number of carboxylic acids is 1. The molecule has 1 N–H and O–H groups in total. The number of ether oxygens (including phenoxy) is 1. The van der Waals surface area contributed by atoms with Crippen molar-refractivity contribution in [2.75, 3.05) is 4.90 Å². The van der Waals surface area contributed by atoms with Crippen LogP contribution in [0, 0.1) is 0 Å². The summed E-state index contributed by atoms with van der Waals surface area (Å²) in [6.45, 7) is 0.215. The largest absolute Gasteiger partial charge is 0.489 e. The van der Waals surface area contributed by atoms with Crippen LogP contribution in [0.2, 0.25) is 10.0 Å². The first-order chi connectivity index (χ1) is 18.9. The van der Waals surface area contributed by atoms with Crippen LogP contribution in [0.3, 0.4) is 0 Å². The number of nitrogens with zero attached hydrogens (tertiary/aromatic N) is 2. The van der Waals surface area contributed by atoms with Gasteiger partial charge in [0.05, 0.1) is 32.3 Å². The van der Waals surface area contributed by atoms with Crippen LogP contribution in [-0.2, 0) is 16.8 Å². The zero-order valence-electron chi connectivity index (χ0n) is 20.6. The molecule has 0 saturated heterocycles. The number of hydrogen-bond donors (Lipinski definition) is 1. The lowest BCUT2D eigenvalue weighted by Gasteiger charge is -2.18.